The van der Waals surface area contributed by atoms with Crippen LogP contribution in [0.2, 0.25) is 0 Å². The van der Waals surface area contributed by atoms with E-state index in [2.05, 4.69) is 42.5 Å². The summed E-state index contributed by atoms with van der Waals surface area (Å²) in [5.41, 5.74) is -1.24. The number of benzene rings is 4. The number of likely N-dealkylation sites (tertiary alicyclic amines) is 2. The number of phenolic OH excluding ortho intramolecular Hbond substituents is 3. The van der Waals surface area contributed by atoms with Crippen molar-refractivity contribution in [2.24, 2.45) is 11.8 Å². The monoisotopic (exact) mass is 1480 g/mol. The Balaban J connectivity index is 0.922. The van der Waals surface area contributed by atoms with Gasteiger partial charge in [-0.15, -0.1) is 0 Å². The third-order valence-electron chi connectivity index (χ3n) is 18.6. The zero-order valence-corrected chi connectivity index (χ0v) is 58.4. The Bertz CT molecular complexity index is 4080. The number of aromatic hydroxyl groups is 3. The minimum atomic E-state index is -1.98. The predicted octanol–water partition coefficient (Wildman–Crippen LogP) is 0.0897. The molecule has 568 valence electrons. The van der Waals surface area contributed by atoms with Crippen molar-refractivity contribution in [1.82, 2.24) is 52.3 Å². The molecule has 4 aliphatic rings. The molecule has 2 saturated heterocycles. The summed E-state index contributed by atoms with van der Waals surface area (Å²) in [6, 6.07) is 1.38. The van der Waals surface area contributed by atoms with Crippen molar-refractivity contribution < 1.29 is 122 Å². The number of carbonyl (C=O) groups excluding carboxylic acids is 11. The number of aliphatic hydroxyl groups is 1. The van der Waals surface area contributed by atoms with Crippen LogP contribution in [0.15, 0.2) is 78.9 Å². The molecule has 4 aromatic rings. The second-order valence-corrected chi connectivity index (χ2v) is 26.9. The number of nitrogens with one attached hydrogen (secondary N) is 8. The number of β-amino-alcohol motifs (C(OH)–C–C–N with tert-alkyl or cyclic N) is 1. The van der Waals surface area contributed by atoms with Crippen molar-refractivity contribution in [3.8, 4) is 28.7 Å². The van der Waals surface area contributed by atoms with E-state index in [1.54, 1.807) is 27.7 Å². The fourth-order valence-corrected chi connectivity index (χ4v) is 13.0. The van der Waals surface area contributed by atoms with E-state index in [9.17, 15) is 113 Å². The normalized spacial score (nSPS) is 18.5. The molecule has 35 heteroatoms. The number of esters is 1. The second-order valence-electron chi connectivity index (χ2n) is 26.9. The molecule has 0 aliphatic carbocycles. The van der Waals surface area contributed by atoms with Crippen LogP contribution in [0.5, 0.6) is 28.7 Å². The average Bonchev–Trinajstić information content (AvgIpc) is 1.47. The summed E-state index contributed by atoms with van der Waals surface area (Å²) in [4.78, 5) is 205. The van der Waals surface area contributed by atoms with Gasteiger partial charge in [-0.25, -0.2) is 9.59 Å². The SMILES string of the molecule is CC[C@H](C)[C@H](NC(=O)[C@H](Cc1ccc(O)cc1)NC(=O)[C@@H]1C[C@@H](O)CN1C(=O)[C@H](C)NC(=O)[C@H](CC(C)C)NC(=O)[C@H](C)NC(=O)[C@H](CCC(=O)O)NC(=O)[C@H](CC(=O)O)NC(=O)c1ccc2c(c1)C1(OC2=O)c2ccc(O)cc2Oc2cc(O)ccc21)C(=O)N1CCC[C@H]1C(=O)N[C@@H](CC(=O)O)C(=O)O. The number of hydrogen-bond donors (Lipinski definition) is 16. The van der Waals surface area contributed by atoms with Gasteiger partial charge in [0.15, 0.2) is 5.60 Å². The van der Waals surface area contributed by atoms with E-state index in [4.69, 9.17) is 9.47 Å². The van der Waals surface area contributed by atoms with Gasteiger partial charge in [0, 0.05) is 66.7 Å². The summed E-state index contributed by atoms with van der Waals surface area (Å²) in [6.45, 7) is 8.73. The number of carboxylic acids is 4. The Morgan fingerprint density at radius 3 is 1.71 bits per heavy atom. The Morgan fingerprint density at radius 2 is 1.11 bits per heavy atom. The molecule has 35 nitrogen and oxygen atoms in total. The number of aliphatic hydroxyl groups excluding tert-OH is 1. The molecule has 12 atom stereocenters. The van der Waals surface area contributed by atoms with Gasteiger partial charge in [0.2, 0.25) is 53.2 Å². The maximum atomic E-state index is 14.6. The van der Waals surface area contributed by atoms with Crippen molar-refractivity contribution in [1.29, 1.82) is 0 Å². The lowest BCUT2D eigenvalue weighted by Crippen LogP contribution is -2.61. The molecule has 0 unspecified atom stereocenters. The van der Waals surface area contributed by atoms with Crippen LogP contribution in [0.1, 0.15) is 142 Å². The molecule has 10 amide bonds. The number of amides is 10. The third kappa shape index (κ3) is 18.9. The van der Waals surface area contributed by atoms with Crippen molar-refractivity contribution in [3.63, 3.8) is 0 Å². The molecule has 2 fully saturated rings. The molecule has 0 radical (unpaired) electrons. The van der Waals surface area contributed by atoms with Crippen LogP contribution in [0.4, 0.5) is 0 Å². The van der Waals surface area contributed by atoms with Gasteiger partial charge in [0.25, 0.3) is 5.91 Å². The molecule has 4 heterocycles. The van der Waals surface area contributed by atoms with Crippen LogP contribution in [-0.2, 0) is 79.1 Å². The van der Waals surface area contributed by atoms with Gasteiger partial charge in [0.05, 0.1) is 24.5 Å². The van der Waals surface area contributed by atoms with Gasteiger partial charge >= 0.3 is 29.8 Å². The standard InChI is InChI=1S/C71H84N10O25/c1-7-33(4)58(68(101)80-22-8-9-51(80)65(98)78-50(69(102)103)30-57(90)91)79-64(97)48(24-36-10-13-38(82)14-11-36)77-66(99)52-26-41(85)31-81(52)67(100)35(6)73-62(95)47(23-32(2)3)75-59(92)34(5)72-61(94)46(20-21-55(86)87)74-63(96)49(29-56(88)89)76-60(93)37-12-17-42-45(25-37)71(106-70(42)104)43-18-15-39(83)27-53(43)105-54-28-40(84)16-19-44(54)71/h10-19,25,27-28,32-35,41,46-52,58,82-85H,7-9,20-24,26,29-31H2,1-6H3,(H,72,94)(H,73,95)(H,74,96)(H,75,92)(H,76,93)(H,77,99)(H,78,98)(H,79,97)(H,86,87)(H,88,89)(H,90,91)(H,102,103)/t33-,34-,35-,41+,46-,47-,48-,49-,50-,51-,52-,58-/m0/s1. The minimum absolute atomic E-state index is 0.00352. The van der Waals surface area contributed by atoms with Gasteiger partial charge in [-0.3, -0.25) is 62.3 Å². The number of nitrogens with zero attached hydrogens (tertiary/aromatic N) is 2. The van der Waals surface area contributed by atoms with Crippen LogP contribution < -0.4 is 47.3 Å². The van der Waals surface area contributed by atoms with Gasteiger partial charge in [-0.05, 0) is 112 Å². The summed E-state index contributed by atoms with van der Waals surface area (Å²) < 4.78 is 12.0. The van der Waals surface area contributed by atoms with Crippen LogP contribution >= 0.6 is 0 Å². The number of aliphatic carboxylic acids is 4. The molecular formula is C71H84N10O25. The van der Waals surface area contributed by atoms with E-state index in [0.717, 1.165) is 9.80 Å². The first kappa shape index (κ1) is 79.8. The van der Waals surface area contributed by atoms with Gasteiger partial charge in [-0.1, -0.05) is 46.2 Å². The highest BCUT2D eigenvalue weighted by Gasteiger charge is 2.54. The zero-order valence-electron chi connectivity index (χ0n) is 58.4. The number of carbonyl (C=O) groups is 15. The summed E-state index contributed by atoms with van der Waals surface area (Å²) in [6.07, 6.45) is -4.87. The number of rotatable bonds is 32. The van der Waals surface area contributed by atoms with E-state index in [1.165, 1.54) is 92.7 Å². The Morgan fingerprint density at radius 1 is 0.557 bits per heavy atom. The molecule has 1 spiro atoms. The molecule has 4 aliphatic heterocycles. The number of phenols is 3. The fourth-order valence-electron chi connectivity index (χ4n) is 13.0. The molecule has 106 heavy (non-hydrogen) atoms. The van der Waals surface area contributed by atoms with Gasteiger partial charge < -0.3 is 103 Å². The lowest BCUT2D eigenvalue weighted by Gasteiger charge is -2.36. The largest absolute Gasteiger partial charge is 0.508 e. The van der Waals surface area contributed by atoms with Crippen molar-refractivity contribution in [2.45, 2.75) is 178 Å². The highest BCUT2D eigenvalue weighted by Crippen LogP contribution is 2.57. The van der Waals surface area contributed by atoms with Crippen LogP contribution in [-0.4, -0.2) is 219 Å². The number of carboxylic acid groups (broad SMARTS) is 4. The summed E-state index contributed by atoms with van der Waals surface area (Å²) >= 11 is 0. The predicted molar refractivity (Wildman–Crippen MR) is 365 cm³/mol. The Hall–Kier alpha value is -11.9. The van der Waals surface area contributed by atoms with Crippen molar-refractivity contribution >= 4 is 88.9 Å². The summed E-state index contributed by atoms with van der Waals surface area (Å²) in [7, 11) is 0. The topological polar surface area (TPSA) is 539 Å². The number of hydrogen-bond acceptors (Lipinski definition) is 21. The van der Waals surface area contributed by atoms with Crippen molar-refractivity contribution in [3.05, 3.63) is 112 Å². The molecular weight excluding hydrogens is 1390 g/mol. The average molecular weight is 1480 g/mol. The van der Waals surface area contributed by atoms with Gasteiger partial charge in [0.1, 0.15) is 89.2 Å². The van der Waals surface area contributed by atoms with E-state index in [1.807, 2.05) is 0 Å². The highest BCUT2D eigenvalue weighted by atomic mass is 16.6. The third-order valence-corrected chi connectivity index (χ3v) is 18.6. The first-order valence-corrected chi connectivity index (χ1v) is 34.1. The first-order valence-electron chi connectivity index (χ1n) is 34.1. The minimum Gasteiger partial charge on any atom is -0.508 e. The molecule has 0 saturated carbocycles. The van der Waals surface area contributed by atoms with Crippen LogP contribution in [0.3, 0.4) is 0 Å². The van der Waals surface area contributed by atoms with Gasteiger partial charge in [-0.2, -0.15) is 0 Å². The van der Waals surface area contributed by atoms with Crippen molar-refractivity contribution in [2.75, 3.05) is 13.1 Å². The molecule has 0 aromatic heterocycles. The lowest BCUT2D eigenvalue weighted by atomic mass is 9.77. The van der Waals surface area contributed by atoms with E-state index < -0.39 is 199 Å². The number of ether oxygens (including phenoxy) is 2. The molecule has 4 aromatic carbocycles. The Kier molecular flexibility index (Phi) is 25.7. The van der Waals surface area contributed by atoms with E-state index in [0.29, 0.717) is 12.0 Å². The smallest absolute Gasteiger partial charge is 0.340 e. The molecule has 16 N–H and O–H groups in total. The summed E-state index contributed by atoms with van der Waals surface area (Å²) in [5.74, 6) is -18.5. The highest BCUT2D eigenvalue weighted by molar-refractivity contribution is 6.04. The first-order chi connectivity index (χ1) is 50.0. The zero-order chi connectivity index (χ0) is 77.9. The Labute approximate surface area is 605 Å². The van der Waals surface area contributed by atoms with Crippen LogP contribution in [0.25, 0.3) is 0 Å². The fraction of sp³-hybridized carbons (Fsp3) is 0.451. The number of fused-ring (bicyclic) bond motifs is 6. The molecule has 8 rings (SSSR count). The second kappa shape index (κ2) is 34.1. The maximum absolute atomic E-state index is 14.6. The summed E-state index contributed by atoms with van der Waals surface area (Å²) in [5, 5.41) is 99.6. The van der Waals surface area contributed by atoms with Crippen LogP contribution in [0, 0.1) is 11.8 Å². The lowest BCUT2D eigenvalue weighted by molar-refractivity contribution is -0.148. The van der Waals surface area contributed by atoms with E-state index >= 15 is 0 Å². The maximum Gasteiger partial charge on any atom is 0.340 e. The molecule has 0 bridgehead atoms. The quantitative estimate of drug-likeness (QED) is 0.0288. The van der Waals surface area contributed by atoms with E-state index in [-0.39, 0.29) is 101 Å².